The number of rotatable bonds is 3. The lowest BCUT2D eigenvalue weighted by Gasteiger charge is -2.28. The van der Waals surface area contributed by atoms with E-state index in [1.807, 2.05) is 48.7 Å². The molecule has 1 fully saturated rings. The summed E-state index contributed by atoms with van der Waals surface area (Å²) in [6.45, 7) is 1.88. The summed E-state index contributed by atoms with van der Waals surface area (Å²) < 4.78 is 0. The predicted octanol–water partition coefficient (Wildman–Crippen LogP) is 3.16. The van der Waals surface area contributed by atoms with Gasteiger partial charge in [0.1, 0.15) is 5.65 Å². The van der Waals surface area contributed by atoms with E-state index in [4.69, 9.17) is 0 Å². The zero-order valence-electron chi connectivity index (χ0n) is 13.9. The van der Waals surface area contributed by atoms with E-state index in [1.54, 1.807) is 11.1 Å². The van der Waals surface area contributed by atoms with Gasteiger partial charge in [0.2, 0.25) is 0 Å². The highest BCUT2D eigenvalue weighted by molar-refractivity contribution is 6.00. The highest BCUT2D eigenvalue weighted by atomic mass is 16.2. The molecule has 1 saturated heterocycles. The van der Waals surface area contributed by atoms with Gasteiger partial charge in [0, 0.05) is 17.6 Å². The van der Waals surface area contributed by atoms with Gasteiger partial charge >= 0.3 is 6.03 Å². The second-order valence-electron chi connectivity index (χ2n) is 6.25. The molecule has 6 nitrogen and oxygen atoms in total. The Hall–Kier alpha value is -2.86. The molecule has 3 N–H and O–H groups in total. The molecule has 1 aliphatic rings. The Bertz CT molecular complexity index is 854. The van der Waals surface area contributed by atoms with E-state index in [9.17, 15) is 4.79 Å². The molecule has 25 heavy (non-hydrogen) atoms. The zero-order chi connectivity index (χ0) is 17.1. The summed E-state index contributed by atoms with van der Waals surface area (Å²) in [5, 5.41) is 7.47. The number of urea groups is 1. The molecule has 0 aliphatic carbocycles. The van der Waals surface area contributed by atoms with Crippen LogP contribution in [0.1, 0.15) is 12.8 Å². The lowest BCUT2D eigenvalue weighted by Crippen LogP contribution is -2.47. The number of carbonyl (C=O) groups is 1. The number of nitrogens with zero attached hydrogens (tertiary/aromatic N) is 2. The standard InChI is InChI=1S/C19H21N5O/c25-19(23-15-7-9-20-10-8-15)24(16-4-2-1-3-5-16)17-12-14-6-11-21-18(14)22-13-17/h1-6,11-13,15,20H,7-10H2,(H,21,22)(H,23,25). The summed E-state index contributed by atoms with van der Waals surface area (Å²) in [6.07, 6.45) is 5.48. The minimum atomic E-state index is -0.116. The molecule has 6 heteroatoms. The van der Waals surface area contributed by atoms with E-state index in [-0.39, 0.29) is 12.1 Å². The fraction of sp³-hybridized carbons (Fsp3) is 0.263. The van der Waals surface area contributed by atoms with Crippen LogP contribution in [-0.4, -0.2) is 35.1 Å². The molecular weight excluding hydrogens is 314 g/mol. The average molecular weight is 335 g/mol. The molecule has 3 heterocycles. The number of carbonyl (C=O) groups excluding carboxylic acids is 1. The van der Waals surface area contributed by atoms with Crippen LogP contribution >= 0.6 is 0 Å². The molecular formula is C19H21N5O. The number of H-pyrrole nitrogens is 1. The van der Waals surface area contributed by atoms with Gasteiger partial charge in [-0.05, 0) is 50.2 Å². The van der Waals surface area contributed by atoms with Crippen LogP contribution in [0.3, 0.4) is 0 Å². The largest absolute Gasteiger partial charge is 0.346 e. The van der Waals surface area contributed by atoms with Crippen molar-refractivity contribution in [2.75, 3.05) is 18.0 Å². The number of aromatic amines is 1. The summed E-state index contributed by atoms with van der Waals surface area (Å²) in [6, 6.07) is 13.7. The van der Waals surface area contributed by atoms with Crippen molar-refractivity contribution in [2.45, 2.75) is 18.9 Å². The van der Waals surface area contributed by atoms with Crippen LogP contribution < -0.4 is 15.5 Å². The number of anilines is 2. The van der Waals surface area contributed by atoms with Crippen molar-refractivity contribution in [3.8, 4) is 0 Å². The van der Waals surface area contributed by atoms with Gasteiger partial charge in [-0.15, -0.1) is 0 Å². The highest BCUT2D eigenvalue weighted by Gasteiger charge is 2.22. The number of hydrogen-bond donors (Lipinski definition) is 3. The summed E-state index contributed by atoms with van der Waals surface area (Å²) in [5.41, 5.74) is 2.39. The van der Waals surface area contributed by atoms with E-state index >= 15 is 0 Å². The molecule has 0 atom stereocenters. The number of aromatic nitrogens is 2. The van der Waals surface area contributed by atoms with Crippen molar-refractivity contribution in [1.82, 2.24) is 20.6 Å². The molecule has 3 aromatic rings. The fourth-order valence-electron chi connectivity index (χ4n) is 3.22. The van der Waals surface area contributed by atoms with Crippen molar-refractivity contribution in [3.63, 3.8) is 0 Å². The third-order valence-corrected chi connectivity index (χ3v) is 4.53. The Morgan fingerprint density at radius 3 is 2.72 bits per heavy atom. The molecule has 1 aliphatic heterocycles. The number of fused-ring (bicyclic) bond motifs is 1. The van der Waals surface area contributed by atoms with Crippen molar-refractivity contribution in [1.29, 1.82) is 0 Å². The van der Waals surface area contributed by atoms with Crippen molar-refractivity contribution >= 4 is 28.4 Å². The van der Waals surface area contributed by atoms with Crippen LogP contribution in [0.15, 0.2) is 54.9 Å². The number of nitrogens with one attached hydrogen (secondary N) is 3. The number of pyridine rings is 1. The van der Waals surface area contributed by atoms with Crippen LogP contribution in [0.25, 0.3) is 11.0 Å². The Labute approximate surface area is 146 Å². The Morgan fingerprint density at radius 1 is 1.12 bits per heavy atom. The first-order valence-electron chi connectivity index (χ1n) is 8.61. The maximum atomic E-state index is 13.0. The lowest BCUT2D eigenvalue weighted by molar-refractivity contribution is 0.241. The molecule has 128 valence electrons. The predicted molar refractivity (Wildman–Crippen MR) is 99.1 cm³/mol. The number of benzene rings is 1. The summed E-state index contributed by atoms with van der Waals surface area (Å²) in [4.78, 5) is 22.3. The number of amides is 2. The van der Waals surface area contributed by atoms with Gasteiger partial charge in [0.05, 0.1) is 17.6 Å². The number of piperidine rings is 1. The first kappa shape index (κ1) is 15.7. The third-order valence-electron chi connectivity index (χ3n) is 4.53. The van der Waals surface area contributed by atoms with E-state index in [0.29, 0.717) is 0 Å². The Morgan fingerprint density at radius 2 is 1.92 bits per heavy atom. The van der Waals surface area contributed by atoms with Crippen LogP contribution in [0.4, 0.5) is 16.2 Å². The van der Waals surface area contributed by atoms with Gasteiger partial charge in [-0.2, -0.15) is 0 Å². The minimum Gasteiger partial charge on any atom is -0.346 e. The quantitative estimate of drug-likeness (QED) is 0.688. The molecule has 0 saturated carbocycles. The van der Waals surface area contributed by atoms with E-state index in [1.165, 1.54) is 0 Å². The van der Waals surface area contributed by atoms with E-state index in [0.717, 1.165) is 48.3 Å². The smallest absolute Gasteiger partial charge is 0.326 e. The van der Waals surface area contributed by atoms with Crippen LogP contribution in [0.2, 0.25) is 0 Å². The molecule has 0 unspecified atom stereocenters. The summed E-state index contributed by atoms with van der Waals surface area (Å²) in [5.74, 6) is 0. The van der Waals surface area contributed by atoms with Gasteiger partial charge in [-0.1, -0.05) is 18.2 Å². The van der Waals surface area contributed by atoms with Gasteiger partial charge in [-0.25, -0.2) is 9.78 Å². The minimum absolute atomic E-state index is 0.116. The van der Waals surface area contributed by atoms with Crippen molar-refractivity contribution in [3.05, 3.63) is 54.9 Å². The highest BCUT2D eigenvalue weighted by Crippen LogP contribution is 2.27. The van der Waals surface area contributed by atoms with Gasteiger partial charge in [-0.3, -0.25) is 4.90 Å². The van der Waals surface area contributed by atoms with E-state index < -0.39 is 0 Å². The van der Waals surface area contributed by atoms with Crippen LogP contribution in [0, 0.1) is 0 Å². The van der Waals surface area contributed by atoms with Crippen molar-refractivity contribution < 1.29 is 4.79 Å². The third kappa shape index (κ3) is 3.34. The Kier molecular flexibility index (Phi) is 4.35. The van der Waals surface area contributed by atoms with Gasteiger partial charge < -0.3 is 15.6 Å². The number of hydrogen-bond acceptors (Lipinski definition) is 3. The molecule has 2 aromatic heterocycles. The maximum Gasteiger partial charge on any atom is 0.326 e. The molecule has 0 spiro atoms. The van der Waals surface area contributed by atoms with Crippen LogP contribution in [0.5, 0.6) is 0 Å². The average Bonchev–Trinajstić information content (AvgIpc) is 3.11. The zero-order valence-corrected chi connectivity index (χ0v) is 13.9. The fourth-order valence-corrected chi connectivity index (χ4v) is 3.22. The number of para-hydroxylation sites is 1. The van der Waals surface area contributed by atoms with E-state index in [2.05, 4.69) is 20.6 Å². The molecule has 1 aromatic carbocycles. The maximum absolute atomic E-state index is 13.0. The Balaban J connectivity index is 1.67. The SMILES string of the molecule is O=C(NC1CCNCC1)N(c1ccccc1)c1cnc2[nH]ccc2c1. The molecule has 0 radical (unpaired) electrons. The monoisotopic (exact) mass is 335 g/mol. The lowest BCUT2D eigenvalue weighted by atomic mass is 10.1. The molecule has 4 rings (SSSR count). The second-order valence-corrected chi connectivity index (χ2v) is 6.25. The molecule has 2 amide bonds. The van der Waals surface area contributed by atoms with Crippen molar-refractivity contribution in [2.24, 2.45) is 0 Å². The van der Waals surface area contributed by atoms with Gasteiger partial charge in [0.15, 0.2) is 0 Å². The summed E-state index contributed by atoms with van der Waals surface area (Å²) in [7, 11) is 0. The normalized spacial score (nSPS) is 15.2. The first-order chi connectivity index (χ1) is 12.3. The topological polar surface area (TPSA) is 73.1 Å². The first-order valence-corrected chi connectivity index (χ1v) is 8.61. The summed E-state index contributed by atoms with van der Waals surface area (Å²) >= 11 is 0. The van der Waals surface area contributed by atoms with Crippen LogP contribution in [-0.2, 0) is 0 Å². The van der Waals surface area contributed by atoms with Gasteiger partial charge in [0.25, 0.3) is 0 Å². The second kappa shape index (κ2) is 6.94. The molecule has 0 bridgehead atoms.